The topological polar surface area (TPSA) is 75.9 Å². The van der Waals surface area contributed by atoms with E-state index in [0.29, 0.717) is 18.8 Å². The Morgan fingerprint density at radius 3 is 2.71 bits per heavy atom. The third kappa shape index (κ3) is 3.25. The zero-order valence-corrected chi connectivity index (χ0v) is 11.8. The van der Waals surface area contributed by atoms with Gasteiger partial charge in [0.15, 0.2) is 5.82 Å². The summed E-state index contributed by atoms with van der Waals surface area (Å²) < 4.78 is 1.69. The molecule has 0 unspecified atom stereocenters. The fourth-order valence-electron chi connectivity index (χ4n) is 2.42. The molecular weight excluding hydrogens is 268 g/mol. The quantitative estimate of drug-likeness (QED) is 0.866. The first kappa shape index (κ1) is 13.7. The molecule has 1 aliphatic heterocycles. The van der Waals surface area contributed by atoms with Gasteiger partial charge in [0.05, 0.1) is 6.54 Å². The molecule has 1 amide bonds. The molecule has 1 aliphatic rings. The first-order valence-corrected chi connectivity index (χ1v) is 7.14. The SMILES string of the molecule is O=C(CCn1nnnc1-c1ccccc1)N1CCNCC1. The molecule has 2 heterocycles. The lowest BCUT2D eigenvalue weighted by Gasteiger charge is -2.27. The second kappa shape index (κ2) is 6.45. The highest BCUT2D eigenvalue weighted by molar-refractivity contribution is 5.76. The van der Waals surface area contributed by atoms with Crippen molar-refractivity contribution >= 4 is 5.91 Å². The summed E-state index contributed by atoms with van der Waals surface area (Å²) >= 11 is 0. The lowest BCUT2D eigenvalue weighted by Crippen LogP contribution is -2.46. The zero-order chi connectivity index (χ0) is 14.5. The van der Waals surface area contributed by atoms with Crippen LogP contribution in [0, 0.1) is 0 Å². The van der Waals surface area contributed by atoms with Gasteiger partial charge in [0.2, 0.25) is 5.91 Å². The van der Waals surface area contributed by atoms with E-state index < -0.39 is 0 Å². The number of nitrogens with zero attached hydrogens (tertiary/aromatic N) is 5. The number of hydrogen-bond acceptors (Lipinski definition) is 5. The van der Waals surface area contributed by atoms with Gasteiger partial charge in [-0.2, -0.15) is 0 Å². The van der Waals surface area contributed by atoms with Crippen molar-refractivity contribution in [3.05, 3.63) is 30.3 Å². The van der Waals surface area contributed by atoms with Gasteiger partial charge in [-0.25, -0.2) is 4.68 Å². The van der Waals surface area contributed by atoms with Crippen molar-refractivity contribution in [2.24, 2.45) is 0 Å². The van der Waals surface area contributed by atoms with Gasteiger partial charge in [-0.15, -0.1) is 5.10 Å². The molecule has 0 atom stereocenters. The van der Waals surface area contributed by atoms with Crippen molar-refractivity contribution in [1.29, 1.82) is 0 Å². The van der Waals surface area contributed by atoms with E-state index in [1.54, 1.807) is 4.68 Å². The summed E-state index contributed by atoms with van der Waals surface area (Å²) in [7, 11) is 0. The van der Waals surface area contributed by atoms with Gasteiger partial charge in [-0.1, -0.05) is 30.3 Å². The molecule has 3 rings (SSSR count). The minimum atomic E-state index is 0.158. The van der Waals surface area contributed by atoms with Crippen molar-refractivity contribution in [3.63, 3.8) is 0 Å². The molecule has 0 saturated carbocycles. The highest BCUT2D eigenvalue weighted by Gasteiger charge is 2.17. The van der Waals surface area contributed by atoms with E-state index >= 15 is 0 Å². The van der Waals surface area contributed by atoms with Gasteiger partial charge >= 0.3 is 0 Å². The standard InChI is InChI=1S/C14H18N6O/c21-13(19-10-7-15-8-11-19)6-9-20-14(16-17-18-20)12-4-2-1-3-5-12/h1-5,15H,6-11H2. The number of nitrogens with one attached hydrogen (secondary N) is 1. The average Bonchev–Trinajstić information content (AvgIpc) is 3.03. The number of aromatic nitrogens is 4. The second-order valence-electron chi connectivity index (χ2n) is 4.97. The number of hydrogen-bond donors (Lipinski definition) is 1. The molecule has 0 radical (unpaired) electrons. The summed E-state index contributed by atoms with van der Waals surface area (Å²) in [5.74, 6) is 0.856. The van der Waals surface area contributed by atoms with E-state index in [1.165, 1.54) is 0 Å². The number of aryl methyl sites for hydroxylation is 1. The molecule has 7 heteroatoms. The predicted octanol–water partition coefficient (Wildman–Crippen LogP) is 0.162. The minimum Gasteiger partial charge on any atom is -0.340 e. The van der Waals surface area contributed by atoms with Crippen molar-refractivity contribution in [2.45, 2.75) is 13.0 Å². The highest BCUT2D eigenvalue weighted by Crippen LogP contribution is 2.15. The Hall–Kier alpha value is -2.28. The number of piperazine rings is 1. The van der Waals surface area contributed by atoms with Gasteiger partial charge in [0.25, 0.3) is 0 Å². The molecule has 1 fully saturated rings. The van der Waals surface area contributed by atoms with Crippen LogP contribution in [0.15, 0.2) is 30.3 Å². The summed E-state index contributed by atoms with van der Waals surface area (Å²) in [6.07, 6.45) is 0.422. The van der Waals surface area contributed by atoms with Crippen LogP contribution in [-0.4, -0.2) is 57.2 Å². The molecule has 1 N–H and O–H groups in total. The van der Waals surface area contributed by atoms with E-state index in [2.05, 4.69) is 20.8 Å². The molecule has 2 aromatic rings. The third-order valence-corrected chi connectivity index (χ3v) is 3.57. The number of carbonyl (C=O) groups is 1. The monoisotopic (exact) mass is 286 g/mol. The Morgan fingerprint density at radius 1 is 1.19 bits per heavy atom. The molecular formula is C14H18N6O. The Bertz CT molecular complexity index is 591. The van der Waals surface area contributed by atoms with Gasteiger partial charge in [0.1, 0.15) is 0 Å². The summed E-state index contributed by atoms with van der Waals surface area (Å²) in [5.41, 5.74) is 0.956. The van der Waals surface area contributed by atoms with Gasteiger partial charge in [0, 0.05) is 38.2 Å². The molecule has 21 heavy (non-hydrogen) atoms. The number of tetrazole rings is 1. The second-order valence-corrected chi connectivity index (χ2v) is 4.97. The molecule has 0 spiro atoms. The number of benzene rings is 1. The normalized spacial score (nSPS) is 15.1. The number of rotatable bonds is 4. The maximum atomic E-state index is 12.2. The summed E-state index contributed by atoms with van der Waals surface area (Å²) in [5, 5.41) is 15.0. The third-order valence-electron chi connectivity index (χ3n) is 3.57. The van der Waals surface area contributed by atoms with Gasteiger partial charge < -0.3 is 10.2 Å². The van der Waals surface area contributed by atoms with Crippen LogP contribution < -0.4 is 5.32 Å². The van der Waals surface area contributed by atoms with Gasteiger partial charge in [-0.3, -0.25) is 4.79 Å². The average molecular weight is 286 g/mol. The lowest BCUT2D eigenvalue weighted by atomic mass is 10.2. The van der Waals surface area contributed by atoms with Crippen LogP contribution in [0.1, 0.15) is 6.42 Å². The zero-order valence-electron chi connectivity index (χ0n) is 11.8. The molecule has 0 bridgehead atoms. The number of carbonyl (C=O) groups excluding carboxylic acids is 1. The van der Waals surface area contributed by atoms with Crippen molar-refractivity contribution in [2.75, 3.05) is 26.2 Å². The molecule has 7 nitrogen and oxygen atoms in total. The smallest absolute Gasteiger partial charge is 0.224 e. The van der Waals surface area contributed by atoms with Crippen LogP contribution in [0.2, 0.25) is 0 Å². The van der Waals surface area contributed by atoms with E-state index in [0.717, 1.165) is 31.7 Å². The predicted molar refractivity (Wildman–Crippen MR) is 77.3 cm³/mol. The van der Waals surface area contributed by atoms with E-state index in [9.17, 15) is 4.79 Å². The fourth-order valence-corrected chi connectivity index (χ4v) is 2.42. The van der Waals surface area contributed by atoms with Crippen LogP contribution in [-0.2, 0) is 11.3 Å². The molecule has 1 aromatic carbocycles. The van der Waals surface area contributed by atoms with E-state index in [4.69, 9.17) is 0 Å². The van der Waals surface area contributed by atoms with Crippen LogP contribution in [0.25, 0.3) is 11.4 Å². The summed E-state index contributed by atoms with van der Waals surface area (Å²) in [6, 6.07) is 9.76. The molecule has 1 saturated heterocycles. The van der Waals surface area contributed by atoms with Gasteiger partial charge in [-0.05, 0) is 10.4 Å². The Balaban J connectivity index is 1.63. The van der Waals surface area contributed by atoms with E-state index in [-0.39, 0.29) is 5.91 Å². The first-order chi connectivity index (χ1) is 10.3. The van der Waals surface area contributed by atoms with Crippen molar-refractivity contribution in [1.82, 2.24) is 30.4 Å². The minimum absolute atomic E-state index is 0.158. The summed E-state index contributed by atoms with van der Waals surface area (Å²) in [4.78, 5) is 14.0. The maximum Gasteiger partial charge on any atom is 0.224 e. The lowest BCUT2D eigenvalue weighted by molar-refractivity contribution is -0.132. The maximum absolute atomic E-state index is 12.2. The van der Waals surface area contributed by atoms with Crippen LogP contribution in [0.4, 0.5) is 0 Å². The van der Waals surface area contributed by atoms with Crippen molar-refractivity contribution < 1.29 is 4.79 Å². The first-order valence-electron chi connectivity index (χ1n) is 7.14. The van der Waals surface area contributed by atoms with Crippen LogP contribution in [0.3, 0.4) is 0 Å². The highest BCUT2D eigenvalue weighted by atomic mass is 16.2. The van der Waals surface area contributed by atoms with E-state index in [1.807, 2.05) is 35.2 Å². The molecule has 1 aromatic heterocycles. The molecule has 110 valence electrons. The largest absolute Gasteiger partial charge is 0.340 e. The van der Waals surface area contributed by atoms with Crippen LogP contribution in [0.5, 0.6) is 0 Å². The molecule has 0 aliphatic carbocycles. The Labute approximate surface area is 122 Å². The Kier molecular flexibility index (Phi) is 4.20. The number of amides is 1. The Morgan fingerprint density at radius 2 is 1.95 bits per heavy atom. The van der Waals surface area contributed by atoms with Crippen molar-refractivity contribution in [3.8, 4) is 11.4 Å². The summed E-state index contributed by atoms with van der Waals surface area (Å²) in [6.45, 7) is 3.79. The van der Waals surface area contributed by atoms with Crippen LogP contribution >= 0.6 is 0 Å². The fraction of sp³-hybridized carbons (Fsp3) is 0.429.